The molecule has 2 N–H and O–H groups in total. The third-order valence-corrected chi connectivity index (χ3v) is 7.47. The molecule has 7 nitrogen and oxygen atoms in total. The van der Waals surface area contributed by atoms with Crippen molar-refractivity contribution in [1.82, 2.24) is 9.97 Å². The molecule has 0 saturated heterocycles. The maximum atomic E-state index is 13.3. The van der Waals surface area contributed by atoms with Crippen molar-refractivity contribution in [2.24, 2.45) is 5.41 Å². The Morgan fingerprint density at radius 3 is 2.78 bits per heavy atom. The van der Waals surface area contributed by atoms with Crippen molar-refractivity contribution < 1.29 is 14.3 Å². The lowest BCUT2D eigenvalue weighted by Crippen LogP contribution is -2.37. The van der Waals surface area contributed by atoms with Crippen LogP contribution in [0.3, 0.4) is 0 Å². The van der Waals surface area contributed by atoms with Gasteiger partial charge < -0.3 is 19.8 Å². The summed E-state index contributed by atoms with van der Waals surface area (Å²) in [5.74, 6) is 1.39. The fraction of sp³-hybridized carbons (Fsp3) is 0.458. The van der Waals surface area contributed by atoms with Crippen LogP contribution in [0.2, 0.25) is 0 Å². The van der Waals surface area contributed by atoms with Gasteiger partial charge in [-0.2, -0.15) is 0 Å². The molecule has 2 aliphatic heterocycles. The first kappa shape index (κ1) is 21.1. The van der Waals surface area contributed by atoms with E-state index in [0.29, 0.717) is 45.3 Å². The minimum Gasteiger partial charge on any atom is -0.454 e. The zero-order valence-corrected chi connectivity index (χ0v) is 19.5. The highest BCUT2D eigenvalue weighted by molar-refractivity contribution is 7.99. The Morgan fingerprint density at radius 2 is 2.00 bits per heavy atom. The molecule has 2 atom stereocenters. The second-order valence-electron chi connectivity index (χ2n) is 9.47. The summed E-state index contributed by atoms with van der Waals surface area (Å²) in [4.78, 5) is 34.4. The number of allylic oxidation sites excluding steroid dienone is 2. The van der Waals surface area contributed by atoms with E-state index in [0.717, 1.165) is 24.1 Å². The molecule has 0 radical (unpaired) electrons. The average molecular weight is 454 g/mol. The molecule has 1 aromatic heterocycles. The summed E-state index contributed by atoms with van der Waals surface area (Å²) in [6.45, 7) is 8.57. The smallest absolute Gasteiger partial charge is 0.257 e. The molecule has 2 unspecified atom stereocenters. The number of thioether (sulfide) groups is 1. The Labute approximate surface area is 191 Å². The molecule has 0 fully saturated rings. The van der Waals surface area contributed by atoms with E-state index < -0.39 is 5.92 Å². The fourth-order valence-corrected chi connectivity index (χ4v) is 5.49. The first-order valence-corrected chi connectivity index (χ1v) is 11.9. The summed E-state index contributed by atoms with van der Waals surface area (Å²) in [5.41, 5.74) is 2.44. The predicted molar refractivity (Wildman–Crippen MR) is 124 cm³/mol. The number of nitrogens with zero attached hydrogens (tertiary/aromatic N) is 1. The molecule has 168 valence electrons. The number of Topliss-reactive ketones (excluding diaryl/α,β-unsaturated/α-hetero) is 1. The van der Waals surface area contributed by atoms with Gasteiger partial charge in [0, 0.05) is 28.9 Å². The van der Waals surface area contributed by atoms with Crippen molar-refractivity contribution in [2.75, 3.05) is 12.1 Å². The van der Waals surface area contributed by atoms with E-state index in [1.165, 1.54) is 0 Å². The second-order valence-corrected chi connectivity index (χ2v) is 10.9. The third-order valence-electron chi connectivity index (χ3n) is 6.32. The van der Waals surface area contributed by atoms with Gasteiger partial charge in [0.15, 0.2) is 22.4 Å². The Kier molecular flexibility index (Phi) is 5.08. The van der Waals surface area contributed by atoms with Crippen LogP contribution in [-0.2, 0) is 4.79 Å². The molecule has 0 saturated carbocycles. The number of benzene rings is 1. The van der Waals surface area contributed by atoms with Crippen LogP contribution in [0.1, 0.15) is 64.0 Å². The Balaban J connectivity index is 1.69. The number of ether oxygens (including phenoxy) is 2. The molecule has 1 aromatic carbocycles. The summed E-state index contributed by atoms with van der Waals surface area (Å²) in [5, 5.41) is 4.28. The summed E-state index contributed by atoms with van der Waals surface area (Å²) in [7, 11) is 0. The average Bonchev–Trinajstić information content (AvgIpc) is 3.19. The number of fused-ring (bicyclic) bond motifs is 2. The Bertz CT molecular complexity index is 1200. The second kappa shape index (κ2) is 7.69. The summed E-state index contributed by atoms with van der Waals surface area (Å²) >= 11 is 1.55. The van der Waals surface area contributed by atoms with Crippen LogP contribution in [0, 0.1) is 5.41 Å². The molecule has 8 heteroatoms. The normalized spacial score (nSPS) is 21.6. The summed E-state index contributed by atoms with van der Waals surface area (Å²) in [6.07, 6.45) is 2.13. The fourth-order valence-electron chi connectivity index (χ4n) is 4.65. The van der Waals surface area contributed by atoms with Crippen LogP contribution in [0.15, 0.2) is 39.4 Å². The first-order valence-electron chi connectivity index (χ1n) is 11.0. The quantitative estimate of drug-likeness (QED) is 0.517. The van der Waals surface area contributed by atoms with E-state index in [1.807, 2.05) is 18.2 Å². The number of rotatable bonds is 4. The summed E-state index contributed by atoms with van der Waals surface area (Å²) in [6, 6.07) is 5.62. The van der Waals surface area contributed by atoms with Gasteiger partial charge in [-0.3, -0.25) is 9.59 Å². The van der Waals surface area contributed by atoms with Crippen molar-refractivity contribution in [2.45, 2.75) is 63.3 Å². The molecule has 1 aliphatic carbocycles. The number of H-pyrrole nitrogens is 1. The van der Waals surface area contributed by atoms with Gasteiger partial charge >= 0.3 is 0 Å². The van der Waals surface area contributed by atoms with Crippen molar-refractivity contribution in [3.05, 3.63) is 50.9 Å². The SMILES string of the molecule is CCC(C)Sc1nc2c(c(=O)[nH]1)C(c1ccc3c(c1)OCO3)C1=C(CC(C)(C)CC1=O)N2. The molecular weight excluding hydrogens is 426 g/mol. The number of aromatic amines is 1. The van der Waals surface area contributed by atoms with E-state index in [2.05, 4.69) is 38.0 Å². The number of hydrogen-bond acceptors (Lipinski definition) is 7. The number of anilines is 1. The number of nitrogens with one attached hydrogen (secondary N) is 2. The van der Waals surface area contributed by atoms with Gasteiger partial charge in [0.2, 0.25) is 6.79 Å². The van der Waals surface area contributed by atoms with Crippen LogP contribution in [-0.4, -0.2) is 27.8 Å². The van der Waals surface area contributed by atoms with Crippen LogP contribution < -0.4 is 20.3 Å². The van der Waals surface area contributed by atoms with E-state index in [9.17, 15) is 9.59 Å². The molecule has 3 heterocycles. The minimum atomic E-state index is -0.502. The van der Waals surface area contributed by atoms with E-state index >= 15 is 0 Å². The van der Waals surface area contributed by atoms with Crippen LogP contribution in [0.25, 0.3) is 0 Å². The number of carbonyl (C=O) groups is 1. The van der Waals surface area contributed by atoms with Gasteiger partial charge in [-0.1, -0.05) is 45.5 Å². The first-order chi connectivity index (χ1) is 15.3. The molecular formula is C24H27N3O4S. The van der Waals surface area contributed by atoms with Gasteiger partial charge in [-0.15, -0.1) is 0 Å². The van der Waals surface area contributed by atoms with E-state index in [-0.39, 0.29) is 23.6 Å². The number of ketones is 1. The Hall–Kier alpha value is -2.74. The lowest BCUT2D eigenvalue weighted by atomic mass is 9.69. The predicted octanol–water partition coefficient (Wildman–Crippen LogP) is 4.59. The standard InChI is InChI=1S/C24H27N3O4S/c1-5-12(2)32-23-26-21-20(22(29)27-23)18(13-6-7-16-17(8-13)31-11-30-16)19-14(25-21)9-24(3,4)10-15(19)28/h6-8,12,18H,5,9-11H2,1-4H3,(H2,25,26,27,29). The van der Waals surface area contributed by atoms with Gasteiger partial charge in [0.1, 0.15) is 5.82 Å². The highest BCUT2D eigenvalue weighted by Crippen LogP contribution is 2.49. The molecule has 0 spiro atoms. The molecule has 0 amide bonds. The maximum absolute atomic E-state index is 13.3. The maximum Gasteiger partial charge on any atom is 0.257 e. The molecule has 2 aromatic rings. The van der Waals surface area contributed by atoms with E-state index in [4.69, 9.17) is 14.5 Å². The highest BCUT2D eigenvalue weighted by atomic mass is 32.2. The summed E-state index contributed by atoms with van der Waals surface area (Å²) < 4.78 is 11.0. The highest BCUT2D eigenvalue weighted by Gasteiger charge is 2.42. The molecule has 32 heavy (non-hydrogen) atoms. The van der Waals surface area contributed by atoms with Gasteiger partial charge in [0.05, 0.1) is 5.56 Å². The molecule has 3 aliphatic rings. The van der Waals surface area contributed by atoms with Gasteiger partial charge in [-0.25, -0.2) is 4.98 Å². The van der Waals surface area contributed by atoms with Gasteiger partial charge in [0.25, 0.3) is 5.56 Å². The van der Waals surface area contributed by atoms with Crippen LogP contribution in [0.4, 0.5) is 5.82 Å². The third kappa shape index (κ3) is 3.60. The van der Waals surface area contributed by atoms with E-state index in [1.54, 1.807) is 11.8 Å². The number of hydrogen-bond donors (Lipinski definition) is 2. The van der Waals surface area contributed by atoms with Crippen molar-refractivity contribution in [1.29, 1.82) is 0 Å². The number of aromatic nitrogens is 2. The van der Waals surface area contributed by atoms with Gasteiger partial charge in [-0.05, 0) is 36.0 Å². The van der Waals surface area contributed by atoms with Crippen LogP contribution in [0.5, 0.6) is 11.5 Å². The van der Waals surface area contributed by atoms with Crippen LogP contribution >= 0.6 is 11.8 Å². The molecule has 5 rings (SSSR count). The topological polar surface area (TPSA) is 93.3 Å². The monoisotopic (exact) mass is 453 g/mol. The zero-order valence-electron chi connectivity index (χ0n) is 18.7. The lowest BCUT2D eigenvalue weighted by Gasteiger charge is -2.38. The molecule has 0 bridgehead atoms. The zero-order chi connectivity index (χ0) is 22.6. The van der Waals surface area contributed by atoms with Crippen molar-refractivity contribution in [3.63, 3.8) is 0 Å². The number of carbonyl (C=O) groups excluding carboxylic acids is 1. The van der Waals surface area contributed by atoms with Crippen molar-refractivity contribution >= 4 is 23.4 Å². The Morgan fingerprint density at radius 1 is 1.22 bits per heavy atom. The minimum absolute atomic E-state index is 0.0644. The lowest BCUT2D eigenvalue weighted by molar-refractivity contribution is -0.118. The van der Waals surface area contributed by atoms with Crippen molar-refractivity contribution in [3.8, 4) is 11.5 Å². The largest absolute Gasteiger partial charge is 0.454 e.